The summed E-state index contributed by atoms with van der Waals surface area (Å²) in [6, 6.07) is 3.75. The van der Waals surface area contributed by atoms with E-state index >= 15 is 0 Å². The SMILES string of the molecule is O=C1Nc2ccc([N+](=O)[O-])cc2C(=O)C2OC12. The minimum absolute atomic E-state index is 0.123. The van der Waals surface area contributed by atoms with Crippen LogP contribution >= 0.6 is 0 Å². The van der Waals surface area contributed by atoms with E-state index < -0.39 is 28.8 Å². The van der Waals surface area contributed by atoms with E-state index in [4.69, 9.17) is 4.74 Å². The molecule has 2 aliphatic rings. The second kappa shape index (κ2) is 3.11. The van der Waals surface area contributed by atoms with E-state index in [1.807, 2.05) is 0 Å². The maximum Gasteiger partial charge on any atom is 0.270 e. The molecule has 1 amide bonds. The Kier molecular flexibility index (Phi) is 1.81. The number of nitro groups is 1. The van der Waals surface area contributed by atoms with Gasteiger partial charge in [-0.2, -0.15) is 0 Å². The largest absolute Gasteiger partial charge is 0.350 e. The third-order valence-electron chi connectivity index (χ3n) is 2.75. The topological polar surface area (TPSA) is 102 Å². The second-order valence-corrected chi connectivity index (χ2v) is 3.82. The molecule has 1 aromatic carbocycles. The van der Waals surface area contributed by atoms with Crippen LogP contribution in [0, 0.1) is 10.1 Å². The molecule has 1 fully saturated rings. The molecule has 0 saturated carbocycles. The number of nitrogens with zero attached hydrogens (tertiary/aromatic N) is 1. The Morgan fingerprint density at radius 2 is 2.06 bits per heavy atom. The van der Waals surface area contributed by atoms with Gasteiger partial charge in [0, 0.05) is 12.1 Å². The van der Waals surface area contributed by atoms with E-state index in [1.54, 1.807) is 0 Å². The van der Waals surface area contributed by atoms with Crippen molar-refractivity contribution in [3.8, 4) is 0 Å². The van der Waals surface area contributed by atoms with Crippen LogP contribution in [-0.2, 0) is 9.53 Å². The van der Waals surface area contributed by atoms with Gasteiger partial charge >= 0.3 is 0 Å². The zero-order valence-corrected chi connectivity index (χ0v) is 8.38. The van der Waals surface area contributed by atoms with Crippen molar-refractivity contribution >= 4 is 23.1 Å². The Morgan fingerprint density at radius 3 is 2.76 bits per heavy atom. The maximum absolute atomic E-state index is 11.9. The van der Waals surface area contributed by atoms with E-state index in [9.17, 15) is 19.7 Å². The molecule has 0 spiro atoms. The Balaban J connectivity index is 2.12. The van der Waals surface area contributed by atoms with Crippen molar-refractivity contribution in [3.63, 3.8) is 0 Å². The molecule has 1 saturated heterocycles. The molecule has 2 unspecified atom stereocenters. The van der Waals surface area contributed by atoms with Gasteiger partial charge in [-0.05, 0) is 6.07 Å². The summed E-state index contributed by atoms with van der Waals surface area (Å²) in [6.45, 7) is 0. The monoisotopic (exact) mass is 234 g/mol. The van der Waals surface area contributed by atoms with Crippen molar-refractivity contribution in [2.45, 2.75) is 12.2 Å². The molecule has 3 rings (SSSR count). The summed E-state index contributed by atoms with van der Waals surface area (Å²) in [5.74, 6) is -0.789. The van der Waals surface area contributed by atoms with E-state index in [0.717, 1.165) is 6.07 Å². The highest BCUT2D eigenvalue weighted by Crippen LogP contribution is 2.35. The van der Waals surface area contributed by atoms with Crippen LogP contribution in [0.4, 0.5) is 11.4 Å². The van der Waals surface area contributed by atoms with Gasteiger partial charge in [0.25, 0.3) is 11.6 Å². The van der Waals surface area contributed by atoms with Crippen LogP contribution in [-0.4, -0.2) is 28.8 Å². The fraction of sp³-hybridized carbons (Fsp3) is 0.200. The zero-order valence-electron chi connectivity index (χ0n) is 8.38. The number of non-ortho nitro benzene ring substituents is 1. The summed E-state index contributed by atoms with van der Waals surface area (Å²) in [6.07, 6.45) is -1.55. The van der Waals surface area contributed by atoms with Gasteiger partial charge in [0.15, 0.2) is 18.0 Å². The number of ketones is 1. The molecule has 1 aromatic rings. The molecular weight excluding hydrogens is 228 g/mol. The summed E-state index contributed by atoms with van der Waals surface area (Å²) < 4.78 is 4.91. The molecular formula is C10H6N2O5. The third kappa shape index (κ3) is 1.40. The minimum Gasteiger partial charge on any atom is -0.350 e. The molecule has 2 atom stereocenters. The number of fused-ring (bicyclic) bond motifs is 2. The van der Waals surface area contributed by atoms with Crippen molar-refractivity contribution in [3.05, 3.63) is 33.9 Å². The summed E-state index contributed by atoms with van der Waals surface area (Å²) in [4.78, 5) is 33.3. The quantitative estimate of drug-likeness (QED) is 0.433. The molecule has 7 nitrogen and oxygen atoms in total. The molecule has 17 heavy (non-hydrogen) atoms. The first-order valence-electron chi connectivity index (χ1n) is 4.87. The molecule has 7 heteroatoms. The second-order valence-electron chi connectivity index (χ2n) is 3.82. The lowest BCUT2D eigenvalue weighted by atomic mass is 10.1. The highest BCUT2D eigenvalue weighted by Gasteiger charge is 2.53. The van der Waals surface area contributed by atoms with Gasteiger partial charge in [0.2, 0.25) is 0 Å². The van der Waals surface area contributed by atoms with Crippen LogP contribution in [0.3, 0.4) is 0 Å². The van der Waals surface area contributed by atoms with Gasteiger partial charge in [0.1, 0.15) is 0 Å². The summed E-state index contributed by atoms with van der Waals surface area (Å²) in [7, 11) is 0. The predicted molar refractivity (Wildman–Crippen MR) is 54.7 cm³/mol. The lowest BCUT2D eigenvalue weighted by Crippen LogP contribution is -2.18. The number of Topliss-reactive ketones (excluding diaryl/α,β-unsaturated/α-hetero) is 1. The van der Waals surface area contributed by atoms with E-state index in [0.29, 0.717) is 5.69 Å². The first-order chi connectivity index (χ1) is 8.08. The highest BCUT2D eigenvalue weighted by molar-refractivity contribution is 6.15. The molecule has 0 bridgehead atoms. The van der Waals surface area contributed by atoms with Crippen LogP contribution < -0.4 is 5.32 Å². The number of nitro benzene ring substituents is 1. The average Bonchev–Trinajstić information content (AvgIpc) is 3.07. The summed E-state index contributed by atoms with van der Waals surface area (Å²) >= 11 is 0. The van der Waals surface area contributed by atoms with Gasteiger partial charge < -0.3 is 10.1 Å². The smallest absolute Gasteiger partial charge is 0.270 e. The Hall–Kier alpha value is -2.28. The number of epoxide rings is 1. The summed E-state index contributed by atoms with van der Waals surface area (Å²) in [5.41, 5.74) is 0.226. The fourth-order valence-corrected chi connectivity index (χ4v) is 1.83. The lowest BCUT2D eigenvalue weighted by molar-refractivity contribution is -0.384. The molecule has 1 N–H and O–H groups in total. The number of rotatable bonds is 1. The first-order valence-corrected chi connectivity index (χ1v) is 4.87. The number of carbonyl (C=O) groups excluding carboxylic acids is 2. The van der Waals surface area contributed by atoms with Crippen LogP contribution in [0.25, 0.3) is 0 Å². The van der Waals surface area contributed by atoms with Crippen molar-refractivity contribution in [2.75, 3.05) is 5.32 Å². The van der Waals surface area contributed by atoms with Gasteiger partial charge in [-0.1, -0.05) is 0 Å². The normalized spacial score (nSPS) is 25.4. The molecule has 86 valence electrons. The summed E-state index contributed by atoms with van der Waals surface area (Å²) in [5, 5.41) is 13.1. The zero-order chi connectivity index (χ0) is 12.2. The molecule has 0 aromatic heterocycles. The number of anilines is 1. The van der Waals surface area contributed by atoms with Crippen LogP contribution in [0.1, 0.15) is 10.4 Å². The number of carbonyl (C=O) groups is 2. The third-order valence-corrected chi connectivity index (χ3v) is 2.75. The number of amides is 1. The number of hydrogen-bond donors (Lipinski definition) is 1. The first kappa shape index (κ1) is 9.91. The lowest BCUT2D eigenvalue weighted by Gasteiger charge is -2.06. The number of ether oxygens (including phenoxy) is 1. The molecule has 2 aliphatic heterocycles. The Bertz CT molecular complexity index is 568. The highest BCUT2D eigenvalue weighted by atomic mass is 16.6. The standard InChI is InChI=1S/C10H6N2O5/c13-7-5-3-4(12(15)16)1-2-6(5)11-10(14)9-8(7)17-9/h1-3,8-9H,(H,11,14). The van der Waals surface area contributed by atoms with E-state index in [-0.39, 0.29) is 11.3 Å². The van der Waals surface area contributed by atoms with Gasteiger partial charge in [-0.3, -0.25) is 19.7 Å². The van der Waals surface area contributed by atoms with Gasteiger partial charge in [0.05, 0.1) is 16.2 Å². The van der Waals surface area contributed by atoms with Crippen molar-refractivity contribution in [1.29, 1.82) is 0 Å². The number of hydrogen-bond acceptors (Lipinski definition) is 5. The van der Waals surface area contributed by atoms with E-state index in [1.165, 1.54) is 12.1 Å². The Morgan fingerprint density at radius 1 is 1.29 bits per heavy atom. The molecule has 2 heterocycles. The van der Waals surface area contributed by atoms with Crippen molar-refractivity contribution < 1.29 is 19.2 Å². The average molecular weight is 234 g/mol. The van der Waals surface area contributed by atoms with Gasteiger partial charge in [-0.15, -0.1) is 0 Å². The minimum atomic E-state index is -0.793. The van der Waals surface area contributed by atoms with E-state index in [2.05, 4.69) is 5.32 Å². The maximum atomic E-state index is 11.9. The Labute approximate surface area is 94.5 Å². The van der Waals surface area contributed by atoms with Crippen LogP contribution in [0.15, 0.2) is 18.2 Å². The van der Waals surface area contributed by atoms with Crippen LogP contribution in [0.5, 0.6) is 0 Å². The molecule has 0 radical (unpaired) electrons. The fourth-order valence-electron chi connectivity index (χ4n) is 1.83. The molecule has 0 aliphatic carbocycles. The predicted octanol–water partition coefficient (Wildman–Crippen LogP) is 0.497. The number of nitrogens with one attached hydrogen (secondary N) is 1. The van der Waals surface area contributed by atoms with Gasteiger partial charge in [-0.25, -0.2) is 0 Å². The van der Waals surface area contributed by atoms with Crippen LogP contribution in [0.2, 0.25) is 0 Å². The van der Waals surface area contributed by atoms with Crippen molar-refractivity contribution in [2.24, 2.45) is 0 Å². The van der Waals surface area contributed by atoms with Crippen molar-refractivity contribution in [1.82, 2.24) is 0 Å². The number of benzene rings is 1.